The minimum atomic E-state index is -0.221. The fraction of sp³-hybridized carbons (Fsp3) is 0.118. The number of benzene rings is 1. The topological polar surface area (TPSA) is 64.1 Å². The van der Waals surface area contributed by atoms with Gasteiger partial charge in [-0.25, -0.2) is 9.97 Å². The first-order chi connectivity index (χ1) is 11.6. The molecule has 3 rings (SSSR count). The van der Waals surface area contributed by atoms with Gasteiger partial charge in [0.2, 0.25) is 0 Å². The van der Waals surface area contributed by atoms with Gasteiger partial charge >= 0.3 is 0 Å². The molecule has 0 bridgehead atoms. The van der Waals surface area contributed by atoms with Crippen LogP contribution in [0.25, 0.3) is 0 Å². The lowest BCUT2D eigenvalue weighted by Crippen LogP contribution is -2.12. The van der Waals surface area contributed by atoms with Gasteiger partial charge in [-0.05, 0) is 43.3 Å². The zero-order chi connectivity index (χ0) is 16.9. The predicted molar refractivity (Wildman–Crippen MR) is 94.8 cm³/mol. The Morgan fingerprint density at radius 1 is 1.25 bits per heavy atom. The van der Waals surface area contributed by atoms with Crippen LogP contribution >= 0.6 is 22.9 Å². The normalized spacial score (nSPS) is 10.4. The van der Waals surface area contributed by atoms with E-state index in [-0.39, 0.29) is 5.91 Å². The third-order valence-corrected chi connectivity index (χ3v) is 4.51. The van der Waals surface area contributed by atoms with Crippen LogP contribution in [-0.2, 0) is 6.61 Å². The second-order valence-electron chi connectivity index (χ2n) is 4.93. The maximum Gasteiger partial charge on any atom is 0.268 e. The first-order valence-electron chi connectivity index (χ1n) is 7.19. The number of aryl methyl sites for hydroxylation is 1. The molecule has 0 saturated heterocycles. The van der Waals surface area contributed by atoms with E-state index >= 15 is 0 Å². The molecule has 0 saturated carbocycles. The van der Waals surface area contributed by atoms with E-state index in [9.17, 15) is 4.79 Å². The van der Waals surface area contributed by atoms with E-state index in [0.29, 0.717) is 33.8 Å². The Kier molecular flexibility index (Phi) is 5.08. The van der Waals surface area contributed by atoms with Crippen molar-refractivity contribution in [1.29, 1.82) is 0 Å². The summed E-state index contributed by atoms with van der Waals surface area (Å²) in [4.78, 5) is 21.3. The number of carbonyl (C=O) groups is 1. The van der Waals surface area contributed by atoms with Crippen molar-refractivity contribution in [3.8, 4) is 5.75 Å². The van der Waals surface area contributed by atoms with Crippen molar-refractivity contribution in [3.05, 3.63) is 69.3 Å². The average Bonchev–Trinajstić information content (AvgIpc) is 2.96. The van der Waals surface area contributed by atoms with E-state index in [0.717, 1.165) is 5.01 Å². The standard InChI is InChI=1S/C17H14ClN3O2S/c1-11-16(17(22)21-14-4-2-3-9-19-14)24-15(20-11)10-23-13-7-5-12(18)6-8-13/h2-9H,10H2,1H3,(H,19,21,22). The average molecular weight is 360 g/mol. The largest absolute Gasteiger partial charge is 0.486 e. The molecule has 1 N–H and O–H groups in total. The molecule has 0 atom stereocenters. The van der Waals surface area contributed by atoms with Crippen LogP contribution in [0.4, 0.5) is 5.82 Å². The Bertz CT molecular complexity index is 835. The molecule has 1 amide bonds. The number of anilines is 1. The number of carbonyl (C=O) groups excluding carboxylic acids is 1. The summed E-state index contributed by atoms with van der Waals surface area (Å²) >= 11 is 7.15. The number of amides is 1. The van der Waals surface area contributed by atoms with E-state index in [1.807, 2.05) is 6.07 Å². The SMILES string of the molecule is Cc1nc(COc2ccc(Cl)cc2)sc1C(=O)Nc1ccccn1. The van der Waals surface area contributed by atoms with E-state index in [1.54, 1.807) is 49.5 Å². The summed E-state index contributed by atoms with van der Waals surface area (Å²) in [6.45, 7) is 2.10. The Morgan fingerprint density at radius 2 is 2.04 bits per heavy atom. The monoisotopic (exact) mass is 359 g/mol. The number of nitrogens with one attached hydrogen (secondary N) is 1. The van der Waals surface area contributed by atoms with Gasteiger partial charge in [0.25, 0.3) is 5.91 Å². The molecular weight excluding hydrogens is 346 g/mol. The van der Waals surface area contributed by atoms with Crippen LogP contribution < -0.4 is 10.1 Å². The molecule has 1 aromatic carbocycles. The number of halogens is 1. The van der Waals surface area contributed by atoms with Gasteiger partial charge in [-0.15, -0.1) is 11.3 Å². The van der Waals surface area contributed by atoms with Gasteiger partial charge in [-0.3, -0.25) is 4.79 Å². The van der Waals surface area contributed by atoms with Crippen LogP contribution in [0.2, 0.25) is 5.02 Å². The van der Waals surface area contributed by atoms with Gasteiger partial charge in [-0.2, -0.15) is 0 Å². The predicted octanol–water partition coefficient (Wildman–Crippen LogP) is 4.33. The summed E-state index contributed by atoms with van der Waals surface area (Å²) in [5.41, 5.74) is 0.670. The van der Waals surface area contributed by atoms with Crippen molar-refractivity contribution in [2.45, 2.75) is 13.5 Å². The molecule has 5 nitrogen and oxygen atoms in total. The Balaban J connectivity index is 1.66. The quantitative estimate of drug-likeness (QED) is 0.736. The number of nitrogens with zero attached hydrogens (tertiary/aromatic N) is 2. The van der Waals surface area contributed by atoms with E-state index < -0.39 is 0 Å². The first kappa shape index (κ1) is 16.4. The lowest BCUT2D eigenvalue weighted by atomic mass is 10.3. The minimum Gasteiger partial charge on any atom is -0.486 e. The summed E-state index contributed by atoms with van der Waals surface area (Å²) < 4.78 is 5.66. The van der Waals surface area contributed by atoms with Gasteiger partial charge in [0.15, 0.2) is 0 Å². The second kappa shape index (κ2) is 7.42. The van der Waals surface area contributed by atoms with Crippen LogP contribution in [0.3, 0.4) is 0 Å². The molecule has 0 aliphatic rings. The van der Waals surface area contributed by atoms with Crippen molar-refractivity contribution in [2.24, 2.45) is 0 Å². The van der Waals surface area contributed by atoms with Gasteiger partial charge in [0, 0.05) is 11.2 Å². The molecule has 7 heteroatoms. The molecular formula is C17H14ClN3O2S. The zero-order valence-electron chi connectivity index (χ0n) is 12.8. The Labute approximate surface area is 148 Å². The molecule has 2 aromatic heterocycles. The van der Waals surface area contributed by atoms with Gasteiger partial charge in [0.1, 0.15) is 28.1 Å². The number of hydrogen-bond acceptors (Lipinski definition) is 5. The number of ether oxygens (including phenoxy) is 1. The lowest BCUT2D eigenvalue weighted by molar-refractivity contribution is 0.102. The fourth-order valence-electron chi connectivity index (χ4n) is 2.01. The van der Waals surface area contributed by atoms with Crippen molar-refractivity contribution in [1.82, 2.24) is 9.97 Å². The fourth-order valence-corrected chi connectivity index (χ4v) is 3.01. The zero-order valence-corrected chi connectivity index (χ0v) is 14.4. The number of hydrogen-bond donors (Lipinski definition) is 1. The molecule has 0 radical (unpaired) electrons. The summed E-state index contributed by atoms with van der Waals surface area (Å²) in [5.74, 6) is 0.988. The number of aromatic nitrogens is 2. The van der Waals surface area contributed by atoms with Gasteiger partial charge in [-0.1, -0.05) is 17.7 Å². The molecule has 0 fully saturated rings. The van der Waals surface area contributed by atoms with Crippen LogP contribution in [0.5, 0.6) is 5.75 Å². The molecule has 0 spiro atoms. The number of pyridine rings is 1. The summed E-state index contributed by atoms with van der Waals surface area (Å²) in [6.07, 6.45) is 1.63. The maximum absolute atomic E-state index is 12.3. The minimum absolute atomic E-state index is 0.221. The summed E-state index contributed by atoms with van der Waals surface area (Å²) in [5, 5.41) is 4.14. The van der Waals surface area contributed by atoms with Crippen molar-refractivity contribution in [3.63, 3.8) is 0 Å². The first-order valence-corrected chi connectivity index (χ1v) is 8.38. The van der Waals surface area contributed by atoms with Crippen molar-refractivity contribution >= 4 is 34.7 Å². The van der Waals surface area contributed by atoms with E-state index in [4.69, 9.17) is 16.3 Å². The molecule has 0 aliphatic heterocycles. The highest BCUT2D eigenvalue weighted by Gasteiger charge is 2.16. The molecule has 24 heavy (non-hydrogen) atoms. The van der Waals surface area contributed by atoms with E-state index in [2.05, 4.69) is 15.3 Å². The van der Waals surface area contributed by atoms with Crippen molar-refractivity contribution in [2.75, 3.05) is 5.32 Å². The summed E-state index contributed by atoms with van der Waals surface area (Å²) in [7, 11) is 0. The molecule has 2 heterocycles. The highest BCUT2D eigenvalue weighted by atomic mass is 35.5. The Morgan fingerprint density at radius 3 is 2.75 bits per heavy atom. The maximum atomic E-state index is 12.3. The molecule has 0 aliphatic carbocycles. The number of rotatable bonds is 5. The van der Waals surface area contributed by atoms with Crippen molar-refractivity contribution < 1.29 is 9.53 Å². The van der Waals surface area contributed by atoms with E-state index in [1.165, 1.54) is 11.3 Å². The third-order valence-electron chi connectivity index (χ3n) is 3.13. The van der Waals surface area contributed by atoms with Crippen LogP contribution in [0, 0.1) is 6.92 Å². The molecule has 122 valence electrons. The third kappa shape index (κ3) is 4.10. The Hall–Kier alpha value is -2.44. The lowest BCUT2D eigenvalue weighted by Gasteiger charge is -2.03. The molecule has 3 aromatic rings. The van der Waals surface area contributed by atoms with Gasteiger partial charge < -0.3 is 10.1 Å². The van der Waals surface area contributed by atoms with Crippen LogP contribution in [0.15, 0.2) is 48.7 Å². The van der Waals surface area contributed by atoms with Crippen LogP contribution in [-0.4, -0.2) is 15.9 Å². The smallest absolute Gasteiger partial charge is 0.268 e. The van der Waals surface area contributed by atoms with Gasteiger partial charge in [0.05, 0.1) is 5.69 Å². The summed E-state index contributed by atoms with van der Waals surface area (Å²) in [6, 6.07) is 12.4. The second-order valence-corrected chi connectivity index (χ2v) is 6.45. The number of thiazole rings is 1. The highest BCUT2D eigenvalue weighted by molar-refractivity contribution is 7.13. The molecule has 0 unspecified atom stereocenters. The highest BCUT2D eigenvalue weighted by Crippen LogP contribution is 2.22. The van der Waals surface area contributed by atoms with Crippen LogP contribution in [0.1, 0.15) is 20.4 Å².